The summed E-state index contributed by atoms with van der Waals surface area (Å²) < 4.78 is 36.5. The highest BCUT2D eigenvalue weighted by molar-refractivity contribution is 5.19. The Morgan fingerprint density at radius 2 is 2.00 bits per heavy atom. The predicted molar refractivity (Wildman–Crippen MR) is 47.8 cm³/mol. The van der Waals surface area contributed by atoms with E-state index in [4.69, 9.17) is 10.8 Å². The fourth-order valence-electron chi connectivity index (χ4n) is 1.02. The summed E-state index contributed by atoms with van der Waals surface area (Å²) in [6, 6.07) is 1.29. The molecule has 0 fully saturated rings. The van der Waals surface area contributed by atoms with Crippen LogP contribution in [0.5, 0.6) is 0 Å². The molecule has 0 unspecified atom stereocenters. The molecule has 2 atom stereocenters. The Morgan fingerprint density at radius 1 is 1.40 bits per heavy atom. The molecule has 0 amide bonds. The number of halogens is 3. The molecule has 0 aliphatic carbocycles. The van der Waals surface area contributed by atoms with Crippen LogP contribution in [-0.4, -0.2) is 16.2 Å². The lowest BCUT2D eigenvalue weighted by atomic mass is 10.1. The summed E-state index contributed by atoms with van der Waals surface area (Å²) in [4.78, 5) is 3.56. The van der Waals surface area contributed by atoms with Crippen molar-refractivity contribution in [2.24, 2.45) is 5.73 Å². The number of alkyl halides is 3. The van der Waals surface area contributed by atoms with Gasteiger partial charge < -0.3 is 10.8 Å². The van der Waals surface area contributed by atoms with E-state index in [2.05, 4.69) is 4.98 Å². The molecule has 0 aliphatic rings. The molecule has 1 aromatic heterocycles. The lowest BCUT2D eigenvalue weighted by Gasteiger charge is -2.14. The molecule has 0 radical (unpaired) electrons. The van der Waals surface area contributed by atoms with Crippen LogP contribution >= 0.6 is 0 Å². The standard InChI is InChI=1S/C9H11F3N2O/c1-5(15)8(13)7-3-2-6(4-14-7)9(10,11)12/h2-5,8,15H,13H2,1H3/t5-,8+/m0/s1. The average Bonchev–Trinajstić information content (AvgIpc) is 2.15. The molecule has 15 heavy (non-hydrogen) atoms. The van der Waals surface area contributed by atoms with E-state index in [0.29, 0.717) is 6.20 Å². The first kappa shape index (κ1) is 11.9. The number of pyridine rings is 1. The van der Waals surface area contributed by atoms with Crippen LogP contribution in [0.3, 0.4) is 0 Å². The number of nitrogens with zero attached hydrogens (tertiary/aromatic N) is 1. The molecule has 3 N–H and O–H groups in total. The van der Waals surface area contributed by atoms with E-state index in [1.54, 1.807) is 0 Å². The minimum absolute atomic E-state index is 0.234. The normalized spacial score (nSPS) is 16.1. The first-order chi connectivity index (χ1) is 6.82. The Bertz CT molecular complexity index is 321. The van der Waals surface area contributed by atoms with Gasteiger partial charge in [0.2, 0.25) is 0 Å². The van der Waals surface area contributed by atoms with Crippen LogP contribution in [-0.2, 0) is 6.18 Å². The Kier molecular flexibility index (Phi) is 3.31. The van der Waals surface area contributed by atoms with E-state index in [1.165, 1.54) is 13.0 Å². The second kappa shape index (κ2) is 4.16. The predicted octanol–water partition coefficient (Wildman–Crippen LogP) is 1.48. The van der Waals surface area contributed by atoms with Gasteiger partial charge in [-0.05, 0) is 19.1 Å². The minimum atomic E-state index is -4.40. The van der Waals surface area contributed by atoms with Crippen molar-refractivity contribution in [2.75, 3.05) is 0 Å². The largest absolute Gasteiger partial charge is 0.417 e. The van der Waals surface area contributed by atoms with E-state index in [9.17, 15) is 13.2 Å². The molecule has 1 rings (SSSR count). The van der Waals surface area contributed by atoms with Crippen LogP contribution in [0.15, 0.2) is 18.3 Å². The maximum atomic E-state index is 12.2. The summed E-state index contributed by atoms with van der Waals surface area (Å²) in [6.45, 7) is 1.45. The van der Waals surface area contributed by atoms with Gasteiger partial charge in [0.25, 0.3) is 0 Å². The average molecular weight is 220 g/mol. The molecule has 1 heterocycles. The molecule has 84 valence electrons. The van der Waals surface area contributed by atoms with Crippen LogP contribution < -0.4 is 5.73 Å². The van der Waals surface area contributed by atoms with Gasteiger partial charge in [-0.1, -0.05) is 0 Å². The van der Waals surface area contributed by atoms with E-state index in [0.717, 1.165) is 6.07 Å². The van der Waals surface area contributed by atoms with Crippen LogP contribution in [0.4, 0.5) is 13.2 Å². The molecule has 0 bridgehead atoms. The second-order valence-corrected chi connectivity index (χ2v) is 3.24. The summed E-state index contributed by atoms with van der Waals surface area (Å²) in [5, 5.41) is 9.12. The molecule has 6 heteroatoms. The fraction of sp³-hybridized carbons (Fsp3) is 0.444. The Balaban J connectivity index is 2.91. The summed E-state index contributed by atoms with van der Waals surface area (Å²) in [6.07, 6.45) is -4.55. The third-order valence-corrected chi connectivity index (χ3v) is 1.97. The molecule has 0 aromatic carbocycles. The number of hydrogen-bond donors (Lipinski definition) is 2. The number of hydrogen-bond acceptors (Lipinski definition) is 3. The summed E-state index contributed by atoms with van der Waals surface area (Å²) >= 11 is 0. The van der Waals surface area contributed by atoms with Crippen molar-refractivity contribution in [1.82, 2.24) is 4.98 Å². The highest BCUT2D eigenvalue weighted by Gasteiger charge is 2.30. The van der Waals surface area contributed by atoms with Crippen molar-refractivity contribution in [1.29, 1.82) is 0 Å². The Labute approximate surface area is 84.7 Å². The van der Waals surface area contributed by atoms with Crippen molar-refractivity contribution >= 4 is 0 Å². The SMILES string of the molecule is C[C@H](O)[C@@H](N)c1ccc(C(F)(F)F)cn1. The lowest BCUT2D eigenvalue weighted by Crippen LogP contribution is -2.24. The van der Waals surface area contributed by atoms with E-state index < -0.39 is 23.9 Å². The first-order valence-electron chi connectivity index (χ1n) is 4.29. The zero-order valence-electron chi connectivity index (χ0n) is 7.99. The number of aliphatic hydroxyl groups is 1. The van der Waals surface area contributed by atoms with E-state index in [-0.39, 0.29) is 5.69 Å². The molecule has 1 aromatic rings. The number of aliphatic hydroxyl groups excluding tert-OH is 1. The highest BCUT2D eigenvalue weighted by atomic mass is 19.4. The third kappa shape index (κ3) is 2.90. The smallest absolute Gasteiger partial charge is 0.391 e. The van der Waals surface area contributed by atoms with Gasteiger partial charge in [0.05, 0.1) is 23.4 Å². The molecule has 3 nitrogen and oxygen atoms in total. The first-order valence-corrected chi connectivity index (χ1v) is 4.29. The van der Waals surface area contributed by atoms with Gasteiger partial charge in [0.1, 0.15) is 0 Å². The third-order valence-electron chi connectivity index (χ3n) is 1.97. The van der Waals surface area contributed by atoms with Gasteiger partial charge in [-0.15, -0.1) is 0 Å². The molecule has 0 spiro atoms. The maximum Gasteiger partial charge on any atom is 0.417 e. The van der Waals surface area contributed by atoms with Crippen molar-refractivity contribution in [3.8, 4) is 0 Å². The van der Waals surface area contributed by atoms with Gasteiger partial charge >= 0.3 is 6.18 Å². The van der Waals surface area contributed by atoms with Gasteiger partial charge in [-0.2, -0.15) is 13.2 Å². The zero-order valence-corrected chi connectivity index (χ0v) is 7.99. The summed E-state index contributed by atoms with van der Waals surface area (Å²) in [5.41, 5.74) is 4.91. The molecule has 0 aliphatic heterocycles. The van der Waals surface area contributed by atoms with Crippen LogP contribution in [0, 0.1) is 0 Å². The van der Waals surface area contributed by atoms with Crippen molar-refractivity contribution in [3.05, 3.63) is 29.6 Å². The van der Waals surface area contributed by atoms with Gasteiger partial charge in [0.15, 0.2) is 0 Å². The van der Waals surface area contributed by atoms with Crippen molar-refractivity contribution < 1.29 is 18.3 Å². The van der Waals surface area contributed by atoms with Crippen LogP contribution in [0.2, 0.25) is 0 Å². The number of rotatable bonds is 2. The number of aromatic nitrogens is 1. The lowest BCUT2D eigenvalue weighted by molar-refractivity contribution is -0.137. The monoisotopic (exact) mass is 220 g/mol. The van der Waals surface area contributed by atoms with Gasteiger partial charge in [-0.3, -0.25) is 4.98 Å². The highest BCUT2D eigenvalue weighted by Crippen LogP contribution is 2.28. The summed E-state index contributed by atoms with van der Waals surface area (Å²) in [7, 11) is 0. The minimum Gasteiger partial charge on any atom is -0.391 e. The molecule has 0 saturated carbocycles. The van der Waals surface area contributed by atoms with E-state index in [1.807, 2.05) is 0 Å². The fourth-order valence-corrected chi connectivity index (χ4v) is 1.02. The Morgan fingerprint density at radius 3 is 2.33 bits per heavy atom. The molecule has 0 saturated heterocycles. The van der Waals surface area contributed by atoms with Crippen LogP contribution in [0.25, 0.3) is 0 Å². The van der Waals surface area contributed by atoms with E-state index >= 15 is 0 Å². The van der Waals surface area contributed by atoms with Crippen LogP contribution in [0.1, 0.15) is 24.2 Å². The van der Waals surface area contributed by atoms with Crippen molar-refractivity contribution in [3.63, 3.8) is 0 Å². The quantitative estimate of drug-likeness (QED) is 0.793. The summed E-state index contributed by atoms with van der Waals surface area (Å²) in [5.74, 6) is 0. The van der Waals surface area contributed by atoms with Gasteiger partial charge in [-0.25, -0.2) is 0 Å². The van der Waals surface area contributed by atoms with Gasteiger partial charge in [0, 0.05) is 6.20 Å². The maximum absolute atomic E-state index is 12.2. The Hall–Kier alpha value is -1.14. The zero-order chi connectivity index (χ0) is 11.6. The topological polar surface area (TPSA) is 59.1 Å². The molecular weight excluding hydrogens is 209 g/mol. The van der Waals surface area contributed by atoms with Crippen molar-refractivity contribution in [2.45, 2.75) is 25.2 Å². The number of nitrogens with two attached hydrogens (primary N) is 1. The molecular formula is C9H11F3N2O. The second-order valence-electron chi connectivity index (χ2n) is 3.24.